The molecule has 0 fully saturated rings. The number of methoxy groups -OCH3 is 2. The molecule has 6 heteroatoms. The second kappa shape index (κ2) is 8.99. The van der Waals surface area contributed by atoms with Gasteiger partial charge in [0, 0.05) is 0 Å². The maximum absolute atomic E-state index is 12.6. The standard InChI is InChI=1S/C24H20N2O3Se/c1-28-21-12-11-19(14-22(21)29-2)23(27)26-24-25-20(15-30-24)18-10-6-9-17(13-18)16-7-4-3-5-8-16/h3-15H,1-2H3,(H,25,26,27). The number of rotatable bonds is 6. The van der Waals surface area contributed by atoms with E-state index in [0.29, 0.717) is 21.8 Å². The van der Waals surface area contributed by atoms with Crippen molar-refractivity contribution < 1.29 is 14.3 Å². The summed E-state index contributed by atoms with van der Waals surface area (Å²) in [5.41, 5.74) is 4.71. The molecule has 4 rings (SSSR count). The number of carbonyl (C=O) groups is 1. The van der Waals surface area contributed by atoms with E-state index in [9.17, 15) is 4.79 Å². The number of benzene rings is 3. The van der Waals surface area contributed by atoms with Crippen LogP contribution in [0.2, 0.25) is 0 Å². The molecular weight excluding hydrogens is 443 g/mol. The van der Waals surface area contributed by atoms with E-state index >= 15 is 0 Å². The van der Waals surface area contributed by atoms with Crippen molar-refractivity contribution in [3.05, 3.63) is 83.3 Å². The van der Waals surface area contributed by atoms with Gasteiger partial charge in [0.15, 0.2) is 0 Å². The third-order valence-corrected chi connectivity index (χ3v) is 6.23. The molecule has 1 heterocycles. The Balaban J connectivity index is 1.53. The van der Waals surface area contributed by atoms with Gasteiger partial charge < -0.3 is 0 Å². The molecule has 150 valence electrons. The fraction of sp³-hybridized carbons (Fsp3) is 0.0833. The van der Waals surface area contributed by atoms with Gasteiger partial charge in [0.2, 0.25) is 0 Å². The molecule has 0 aliphatic heterocycles. The Labute approximate surface area is 181 Å². The average molecular weight is 463 g/mol. The average Bonchev–Trinajstić information content (AvgIpc) is 3.27. The zero-order chi connectivity index (χ0) is 20.9. The summed E-state index contributed by atoms with van der Waals surface area (Å²) in [5, 5.41) is 2.92. The molecule has 0 radical (unpaired) electrons. The van der Waals surface area contributed by atoms with Crippen LogP contribution in [0.3, 0.4) is 0 Å². The predicted octanol–water partition coefficient (Wildman–Crippen LogP) is 4.74. The first-order valence-electron chi connectivity index (χ1n) is 9.32. The predicted molar refractivity (Wildman–Crippen MR) is 120 cm³/mol. The van der Waals surface area contributed by atoms with Gasteiger partial charge in [-0.2, -0.15) is 0 Å². The molecule has 0 saturated carbocycles. The van der Waals surface area contributed by atoms with Gasteiger partial charge in [0.05, 0.1) is 0 Å². The van der Waals surface area contributed by atoms with Crippen LogP contribution in [-0.4, -0.2) is 39.6 Å². The Hall–Kier alpha value is -3.34. The van der Waals surface area contributed by atoms with Gasteiger partial charge >= 0.3 is 181 Å². The van der Waals surface area contributed by atoms with Crippen molar-refractivity contribution in [2.75, 3.05) is 19.5 Å². The van der Waals surface area contributed by atoms with Gasteiger partial charge in [-0.05, 0) is 0 Å². The Bertz CT molecular complexity index is 1170. The van der Waals surface area contributed by atoms with Gasteiger partial charge in [-0.3, -0.25) is 0 Å². The molecule has 0 aliphatic rings. The Morgan fingerprint density at radius 2 is 1.57 bits per heavy atom. The second-order valence-corrected chi connectivity index (χ2v) is 8.31. The summed E-state index contributed by atoms with van der Waals surface area (Å²) in [5.74, 6) is 0.878. The van der Waals surface area contributed by atoms with E-state index in [1.54, 1.807) is 32.4 Å². The molecule has 4 aromatic rings. The minimum absolute atomic E-state index is 0.0374. The van der Waals surface area contributed by atoms with Crippen molar-refractivity contribution in [1.29, 1.82) is 0 Å². The summed E-state index contributed by atoms with van der Waals surface area (Å²) >= 11 is -0.0374. The number of nitrogens with one attached hydrogen (secondary N) is 1. The number of amides is 1. The number of hydrogen-bond donors (Lipinski definition) is 1. The molecule has 1 N–H and O–H groups in total. The Morgan fingerprint density at radius 3 is 2.33 bits per heavy atom. The van der Waals surface area contributed by atoms with E-state index in [1.165, 1.54) is 0 Å². The van der Waals surface area contributed by atoms with Crippen molar-refractivity contribution in [2.24, 2.45) is 0 Å². The molecule has 0 bridgehead atoms. The van der Waals surface area contributed by atoms with Crippen molar-refractivity contribution >= 4 is 25.1 Å². The van der Waals surface area contributed by atoms with Crippen LogP contribution in [-0.2, 0) is 0 Å². The number of ether oxygens (including phenoxy) is 2. The summed E-state index contributed by atoms with van der Waals surface area (Å²) in [7, 11) is 3.11. The SMILES string of the molecule is COc1ccc(C(=O)Nc2nc(-c3cccc(-c4ccccc4)c3)c[se]2)cc1OC. The van der Waals surface area contributed by atoms with E-state index < -0.39 is 0 Å². The van der Waals surface area contributed by atoms with Gasteiger partial charge in [-0.25, -0.2) is 0 Å². The summed E-state index contributed by atoms with van der Waals surface area (Å²) in [6.07, 6.45) is 0. The van der Waals surface area contributed by atoms with Crippen molar-refractivity contribution in [3.8, 4) is 33.9 Å². The van der Waals surface area contributed by atoms with Gasteiger partial charge in [-0.15, -0.1) is 0 Å². The zero-order valence-electron chi connectivity index (χ0n) is 16.6. The van der Waals surface area contributed by atoms with Crippen LogP contribution in [0, 0.1) is 0 Å². The Morgan fingerprint density at radius 1 is 0.833 bits per heavy atom. The van der Waals surface area contributed by atoms with Crippen molar-refractivity contribution in [2.45, 2.75) is 0 Å². The van der Waals surface area contributed by atoms with Crippen molar-refractivity contribution in [1.82, 2.24) is 4.98 Å². The van der Waals surface area contributed by atoms with Crippen LogP contribution < -0.4 is 14.8 Å². The van der Waals surface area contributed by atoms with Crippen LogP contribution >= 0.6 is 0 Å². The fourth-order valence-corrected chi connectivity index (χ4v) is 4.60. The molecule has 1 amide bonds. The molecule has 0 saturated heterocycles. The summed E-state index contributed by atoms with van der Waals surface area (Å²) in [6.45, 7) is 0. The number of carbonyl (C=O) groups excluding carboxylic acids is 1. The van der Waals surface area contributed by atoms with Gasteiger partial charge in [0.1, 0.15) is 0 Å². The first-order chi connectivity index (χ1) is 14.7. The first kappa shape index (κ1) is 20.0. The molecule has 0 unspecified atom stereocenters. The van der Waals surface area contributed by atoms with Crippen LogP contribution in [0.1, 0.15) is 10.4 Å². The third kappa shape index (κ3) is 4.30. The summed E-state index contributed by atoms with van der Waals surface area (Å²) < 4.78 is 11.2. The minimum atomic E-state index is -0.218. The quantitative estimate of drug-likeness (QED) is 0.420. The van der Waals surface area contributed by atoms with Crippen LogP contribution in [0.15, 0.2) is 77.7 Å². The molecule has 0 aliphatic carbocycles. The third-order valence-electron chi connectivity index (χ3n) is 4.64. The van der Waals surface area contributed by atoms with Gasteiger partial charge in [0.25, 0.3) is 0 Å². The maximum atomic E-state index is 12.6. The summed E-state index contributed by atoms with van der Waals surface area (Å²) in [6, 6.07) is 23.6. The Kier molecular flexibility index (Phi) is 5.98. The monoisotopic (exact) mass is 464 g/mol. The molecule has 30 heavy (non-hydrogen) atoms. The topological polar surface area (TPSA) is 60.5 Å². The van der Waals surface area contributed by atoms with E-state index in [1.807, 2.05) is 30.3 Å². The van der Waals surface area contributed by atoms with E-state index in [0.717, 1.165) is 22.4 Å². The van der Waals surface area contributed by atoms with Gasteiger partial charge in [-0.1, -0.05) is 0 Å². The fourth-order valence-electron chi connectivity index (χ4n) is 3.10. The molecule has 0 spiro atoms. The van der Waals surface area contributed by atoms with E-state index in [4.69, 9.17) is 9.47 Å². The number of hydrogen-bond acceptors (Lipinski definition) is 4. The number of anilines is 1. The molecule has 0 atom stereocenters. The second-order valence-electron chi connectivity index (χ2n) is 6.51. The van der Waals surface area contributed by atoms with E-state index in [-0.39, 0.29) is 20.4 Å². The van der Waals surface area contributed by atoms with Crippen LogP contribution in [0.5, 0.6) is 11.5 Å². The van der Waals surface area contributed by atoms with Crippen LogP contribution in [0.25, 0.3) is 22.4 Å². The molecule has 1 aromatic heterocycles. The number of nitrogens with zero attached hydrogens (tertiary/aromatic N) is 1. The number of aromatic nitrogens is 1. The van der Waals surface area contributed by atoms with E-state index in [2.05, 4.69) is 39.5 Å². The van der Waals surface area contributed by atoms with Crippen LogP contribution in [0.4, 0.5) is 4.69 Å². The summed E-state index contributed by atoms with van der Waals surface area (Å²) in [4.78, 5) is 19.4. The first-order valence-corrected chi connectivity index (χ1v) is 11.2. The van der Waals surface area contributed by atoms with Crippen molar-refractivity contribution in [3.63, 3.8) is 0 Å². The molecule has 5 nitrogen and oxygen atoms in total. The molecular formula is C24H20N2O3Se. The zero-order valence-corrected chi connectivity index (χ0v) is 18.3. The molecule has 3 aromatic carbocycles. The normalized spacial score (nSPS) is 10.5.